The summed E-state index contributed by atoms with van der Waals surface area (Å²) in [6.45, 7) is 0. The van der Waals surface area contributed by atoms with Gasteiger partial charge >= 0.3 is 1.43 Å². The maximum Gasteiger partial charge on any atom is 1.00 e. The van der Waals surface area contributed by atoms with Crippen molar-refractivity contribution in [3.8, 4) is 0 Å². The first-order valence-electron chi connectivity index (χ1n) is 1.88. The quantitative estimate of drug-likeness (QED) is 0.513. The fourth-order valence-electron chi connectivity index (χ4n) is 0.337. The van der Waals surface area contributed by atoms with Crippen LogP contribution in [0.15, 0.2) is 12.3 Å². The second-order valence-electron chi connectivity index (χ2n) is 1.12. The van der Waals surface area contributed by atoms with Crippen molar-refractivity contribution in [3.05, 3.63) is 18.0 Å². The number of aldehydes is 1. The first kappa shape index (κ1) is 4.05. The topological polar surface area (TPSA) is 45.8 Å². The van der Waals surface area contributed by atoms with Crippen molar-refractivity contribution in [2.45, 2.75) is 0 Å². The minimum Gasteiger partial charge on any atom is -0.296 e. The van der Waals surface area contributed by atoms with Crippen LogP contribution in [0.5, 0.6) is 0 Å². The Labute approximate surface area is 41.8 Å². The summed E-state index contributed by atoms with van der Waals surface area (Å²) in [5.74, 6) is 0. The van der Waals surface area contributed by atoms with E-state index in [1.807, 2.05) is 0 Å². The molecule has 1 N–H and O–H groups in total. The Morgan fingerprint density at radius 3 is 3.14 bits per heavy atom. The SMILES string of the molecule is O=Cc1cc[nH]n1.[H+]. The summed E-state index contributed by atoms with van der Waals surface area (Å²) >= 11 is 0. The molecule has 0 unspecified atom stereocenters. The average Bonchev–Trinajstić information content (AvgIpc) is 2.14. The number of rotatable bonds is 1. The number of H-pyrrole nitrogens is 1. The summed E-state index contributed by atoms with van der Waals surface area (Å²) in [7, 11) is 0. The molecule has 0 amide bonds. The molecule has 0 aliphatic heterocycles. The number of carbonyl (C=O) groups is 1. The maximum atomic E-state index is 9.79. The van der Waals surface area contributed by atoms with Crippen LogP contribution in [0.1, 0.15) is 11.9 Å². The summed E-state index contributed by atoms with van der Waals surface area (Å²) < 4.78 is 0. The van der Waals surface area contributed by atoms with Gasteiger partial charge in [-0.2, -0.15) is 5.10 Å². The highest BCUT2D eigenvalue weighted by Crippen LogP contribution is 1.81. The highest BCUT2D eigenvalue weighted by atomic mass is 16.1. The molecule has 0 aliphatic carbocycles. The number of carbonyl (C=O) groups excluding carboxylic acids is 1. The Morgan fingerprint density at radius 1 is 2.00 bits per heavy atom. The highest BCUT2D eigenvalue weighted by Gasteiger charge is 1.83. The second kappa shape index (κ2) is 1.55. The molecule has 0 saturated carbocycles. The van der Waals surface area contributed by atoms with Crippen LogP contribution in [0.4, 0.5) is 0 Å². The van der Waals surface area contributed by atoms with Crippen LogP contribution in [0, 0.1) is 0 Å². The summed E-state index contributed by atoms with van der Waals surface area (Å²) in [5.41, 5.74) is 0.444. The predicted molar refractivity (Wildman–Crippen MR) is 25.1 cm³/mol. The molecule has 3 nitrogen and oxygen atoms in total. The summed E-state index contributed by atoms with van der Waals surface area (Å²) in [6.07, 6.45) is 2.29. The normalized spacial score (nSPS) is 8.57. The standard InChI is InChI=1S/C4H4N2O/c7-3-4-1-2-5-6-4/h1-3H,(H,5,6)/p+1. The maximum absolute atomic E-state index is 9.79. The minimum atomic E-state index is 0. The molecule has 7 heavy (non-hydrogen) atoms. The Bertz CT molecular complexity index is 149. The van der Waals surface area contributed by atoms with Crippen molar-refractivity contribution < 1.29 is 6.22 Å². The van der Waals surface area contributed by atoms with Gasteiger partial charge in [-0.25, -0.2) is 0 Å². The predicted octanol–water partition coefficient (Wildman–Crippen LogP) is 0.335. The Kier molecular flexibility index (Phi) is 0.898. The Balaban J connectivity index is 0.000000490. The van der Waals surface area contributed by atoms with Crippen LogP contribution in [-0.4, -0.2) is 16.5 Å². The molecule has 0 spiro atoms. The number of hydrogen-bond donors (Lipinski definition) is 1. The molecule has 1 rings (SSSR count). The third kappa shape index (κ3) is 0.652. The van der Waals surface area contributed by atoms with Crippen molar-refractivity contribution in [3.63, 3.8) is 0 Å². The van der Waals surface area contributed by atoms with Gasteiger partial charge in [0.15, 0.2) is 6.29 Å². The molecular weight excluding hydrogens is 92.1 g/mol. The molecule has 0 aromatic carbocycles. The van der Waals surface area contributed by atoms with Crippen molar-refractivity contribution in [1.82, 2.24) is 10.2 Å². The largest absolute Gasteiger partial charge is 1.00 e. The molecule has 1 aromatic heterocycles. The van der Waals surface area contributed by atoms with Gasteiger partial charge in [0.2, 0.25) is 0 Å². The fourth-order valence-corrected chi connectivity index (χ4v) is 0.337. The third-order valence-corrected chi connectivity index (χ3v) is 0.643. The van der Waals surface area contributed by atoms with Crippen LogP contribution < -0.4 is 0 Å². The van der Waals surface area contributed by atoms with E-state index in [9.17, 15) is 4.79 Å². The first-order valence-corrected chi connectivity index (χ1v) is 1.88. The molecular formula is C4H5N2O+. The molecule has 36 valence electrons. The van der Waals surface area contributed by atoms with E-state index in [2.05, 4.69) is 10.2 Å². The number of aromatic amines is 1. The van der Waals surface area contributed by atoms with Gasteiger partial charge in [0.25, 0.3) is 0 Å². The third-order valence-electron chi connectivity index (χ3n) is 0.643. The number of aromatic nitrogens is 2. The zero-order valence-corrected chi connectivity index (χ0v) is 3.59. The minimum absolute atomic E-state index is 0. The molecule has 0 bridgehead atoms. The zero-order chi connectivity index (χ0) is 5.11. The van der Waals surface area contributed by atoms with Gasteiger partial charge in [-0.15, -0.1) is 0 Å². The molecule has 0 fully saturated rings. The molecule has 0 aliphatic rings. The lowest BCUT2D eigenvalue weighted by Gasteiger charge is -1.65. The van der Waals surface area contributed by atoms with Gasteiger partial charge in [0.05, 0.1) is 0 Å². The Morgan fingerprint density at radius 2 is 2.86 bits per heavy atom. The van der Waals surface area contributed by atoms with Crippen LogP contribution in [0.25, 0.3) is 0 Å². The van der Waals surface area contributed by atoms with Gasteiger partial charge in [-0.05, 0) is 6.07 Å². The fraction of sp³-hybridized carbons (Fsp3) is 0. The summed E-state index contributed by atoms with van der Waals surface area (Å²) in [6, 6.07) is 1.60. The highest BCUT2D eigenvalue weighted by molar-refractivity contribution is 5.70. The molecule has 3 heteroatoms. The van der Waals surface area contributed by atoms with Gasteiger partial charge in [0, 0.05) is 6.20 Å². The van der Waals surface area contributed by atoms with E-state index in [0.29, 0.717) is 12.0 Å². The lowest BCUT2D eigenvalue weighted by Crippen LogP contribution is -1.75. The second-order valence-corrected chi connectivity index (χ2v) is 1.12. The van der Waals surface area contributed by atoms with E-state index in [4.69, 9.17) is 0 Å². The van der Waals surface area contributed by atoms with E-state index in [1.165, 1.54) is 0 Å². The van der Waals surface area contributed by atoms with Gasteiger partial charge < -0.3 is 0 Å². The molecule has 0 saturated heterocycles. The van der Waals surface area contributed by atoms with E-state index in [-0.39, 0.29) is 1.43 Å². The lowest BCUT2D eigenvalue weighted by atomic mass is 10.5. The van der Waals surface area contributed by atoms with Crippen LogP contribution in [0.3, 0.4) is 0 Å². The smallest absolute Gasteiger partial charge is 0.296 e. The summed E-state index contributed by atoms with van der Waals surface area (Å²) in [4.78, 5) is 9.79. The van der Waals surface area contributed by atoms with Crippen molar-refractivity contribution in [2.75, 3.05) is 0 Å². The molecule has 1 heterocycles. The van der Waals surface area contributed by atoms with E-state index in [0.717, 1.165) is 0 Å². The van der Waals surface area contributed by atoms with Crippen molar-refractivity contribution >= 4 is 6.29 Å². The van der Waals surface area contributed by atoms with E-state index >= 15 is 0 Å². The van der Waals surface area contributed by atoms with Crippen molar-refractivity contribution in [2.24, 2.45) is 0 Å². The van der Waals surface area contributed by atoms with Crippen LogP contribution in [0.2, 0.25) is 0 Å². The summed E-state index contributed by atoms with van der Waals surface area (Å²) in [5, 5.41) is 6.04. The monoisotopic (exact) mass is 97.0 g/mol. The van der Waals surface area contributed by atoms with Gasteiger partial charge in [-0.1, -0.05) is 0 Å². The van der Waals surface area contributed by atoms with Crippen LogP contribution >= 0.6 is 0 Å². The van der Waals surface area contributed by atoms with Crippen molar-refractivity contribution in [1.29, 1.82) is 0 Å². The average molecular weight is 97.1 g/mol. The van der Waals surface area contributed by atoms with Gasteiger partial charge in [-0.3, -0.25) is 9.89 Å². The van der Waals surface area contributed by atoms with Crippen LogP contribution in [-0.2, 0) is 0 Å². The van der Waals surface area contributed by atoms with E-state index in [1.54, 1.807) is 12.3 Å². The first-order chi connectivity index (χ1) is 3.43. The number of nitrogens with zero attached hydrogens (tertiary/aromatic N) is 1. The zero-order valence-electron chi connectivity index (χ0n) is 4.59. The molecule has 1 aromatic rings. The number of hydrogen-bond acceptors (Lipinski definition) is 2. The lowest BCUT2D eigenvalue weighted by molar-refractivity contribution is 0.111. The molecule has 0 atom stereocenters. The van der Waals surface area contributed by atoms with Gasteiger partial charge in [0.1, 0.15) is 5.69 Å². The Hall–Kier alpha value is -1.12. The number of nitrogens with one attached hydrogen (secondary N) is 1. The molecule has 0 radical (unpaired) electrons. The van der Waals surface area contributed by atoms with E-state index < -0.39 is 0 Å².